The van der Waals surface area contributed by atoms with Crippen molar-refractivity contribution in [1.82, 2.24) is 0 Å². The molecule has 0 rings (SSSR count). The van der Waals surface area contributed by atoms with Crippen LogP contribution < -0.4 is 0 Å². The van der Waals surface area contributed by atoms with E-state index in [4.69, 9.17) is 0 Å². The van der Waals surface area contributed by atoms with Crippen LogP contribution in [0.4, 0.5) is 0 Å². The molecule has 6 heteroatoms. The lowest BCUT2D eigenvalue weighted by molar-refractivity contribution is -0.934. The zero-order valence-electron chi connectivity index (χ0n) is 21.7. The van der Waals surface area contributed by atoms with Gasteiger partial charge in [0.15, 0.2) is 0 Å². The fourth-order valence-corrected chi connectivity index (χ4v) is 5.58. The minimum Gasteiger partial charge on any atom is -0.748 e. The first kappa shape index (κ1) is 31.8. The first-order chi connectivity index (χ1) is 15.3. The molecule has 0 spiro atoms. The molecule has 2 unspecified atom stereocenters. The van der Waals surface area contributed by atoms with E-state index in [0.717, 1.165) is 25.8 Å². The van der Waals surface area contributed by atoms with Crippen molar-refractivity contribution in [2.75, 3.05) is 32.5 Å². The van der Waals surface area contributed by atoms with Gasteiger partial charge in [-0.2, -0.15) is 0 Å². The Hall–Kier alpha value is -0.170. The standard InChI is InChI=1S/C26H55NO4S/c1-4-6-7-8-9-10-11-12-13-14-15-16-17-18-19-20-26(21-25-32(29,30)31)27(3,22-5-2)23-24-28/h26,28H,4-25H2,1-3H3. The molecule has 0 aliphatic heterocycles. The van der Waals surface area contributed by atoms with Gasteiger partial charge in [-0.25, -0.2) is 8.42 Å². The minimum atomic E-state index is -4.19. The summed E-state index contributed by atoms with van der Waals surface area (Å²) in [4.78, 5) is 0. The second-order valence-corrected chi connectivity index (χ2v) is 11.6. The molecular weight excluding hydrogens is 422 g/mol. The van der Waals surface area contributed by atoms with Gasteiger partial charge < -0.3 is 14.1 Å². The third-order valence-electron chi connectivity index (χ3n) is 7.07. The zero-order chi connectivity index (χ0) is 24.1. The number of aliphatic hydroxyl groups excluding tert-OH is 1. The van der Waals surface area contributed by atoms with Crippen LogP contribution in [0.2, 0.25) is 0 Å². The Bertz CT molecular complexity index is 504. The zero-order valence-corrected chi connectivity index (χ0v) is 22.5. The normalized spacial score (nSPS) is 15.0. The van der Waals surface area contributed by atoms with Crippen molar-refractivity contribution in [1.29, 1.82) is 0 Å². The molecule has 0 fully saturated rings. The van der Waals surface area contributed by atoms with Gasteiger partial charge in [-0.05, 0) is 19.3 Å². The molecule has 0 radical (unpaired) electrons. The molecule has 0 aromatic carbocycles. The number of hydrogen-bond acceptors (Lipinski definition) is 4. The van der Waals surface area contributed by atoms with Crippen LogP contribution >= 0.6 is 0 Å². The van der Waals surface area contributed by atoms with Crippen LogP contribution in [0.25, 0.3) is 0 Å². The second kappa shape index (κ2) is 20.2. The number of likely N-dealkylation sites (N-methyl/N-ethyl adjacent to an activating group) is 1. The predicted molar refractivity (Wildman–Crippen MR) is 136 cm³/mol. The number of unbranched alkanes of at least 4 members (excludes halogenated alkanes) is 14. The van der Waals surface area contributed by atoms with Crippen LogP contribution in [-0.4, -0.2) is 61.1 Å². The van der Waals surface area contributed by atoms with Crippen molar-refractivity contribution in [3.63, 3.8) is 0 Å². The fraction of sp³-hybridized carbons (Fsp3) is 1.00. The largest absolute Gasteiger partial charge is 0.748 e. The van der Waals surface area contributed by atoms with Crippen LogP contribution in [0.5, 0.6) is 0 Å². The van der Waals surface area contributed by atoms with E-state index in [1.54, 1.807) is 0 Å². The SMILES string of the molecule is CCCCCCCCCCCCCCCCCC(CCS(=O)(=O)[O-])[N+](C)(CCC)CCO. The van der Waals surface area contributed by atoms with E-state index in [-0.39, 0.29) is 18.4 Å². The monoisotopic (exact) mass is 477 g/mol. The van der Waals surface area contributed by atoms with E-state index in [0.29, 0.717) is 17.4 Å². The van der Waals surface area contributed by atoms with Gasteiger partial charge in [-0.1, -0.05) is 104 Å². The van der Waals surface area contributed by atoms with Gasteiger partial charge in [-0.15, -0.1) is 0 Å². The number of rotatable bonds is 24. The van der Waals surface area contributed by atoms with Gasteiger partial charge in [0, 0.05) is 12.2 Å². The van der Waals surface area contributed by atoms with Crippen molar-refractivity contribution in [3.05, 3.63) is 0 Å². The Morgan fingerprint density at radius 3 is 1.50 bits per heavy atom. The Kier molecular flexibility index (Phi) is 20.1. The molecular formula is C26H55NO4S. The third-order valence-corrected chi connectivity index (χ3v) is 7.80. The number of nitrogens with zero attached hydrogens (tertiary/aromatic N) is 1. The van der Waals surface area contributed by atoms with Crippen LogP contribution in [-0.2, 0) is 10.1 Å². The molecule has 194 valence electrons. The summed E-state index contributed by atoms with van der Waals surface area (Å²) in [6, 6.07) is 0.132. The van der Waals surface area contributed by atoms with E-state index in [1.807, 2.05) is 0 Å². The summed E-state index contributed by atoms with van der Waals surface area (Å²) in [6.45, 7) is 6.00. The van der Waals surface area contributed by atoms with Crippen LogP contribution in [0.1, 0.15) is 129 Å². The summed E-state index contributed by atoms with van der Waals surface area (Å²) in [6.07, 6.45) is 22.3. The maximum absolute atomic E-state index is 11.2. The quantitative estimate of drug-likeness (QED) is 0.0991. The lowest BCUT2D eigenvalue weighted by Crippen LogP contribution is -2.54. The van der Waals surface area contributed by atoms with Crippen LogP contribution in [0.3, 0.4) is 0 Å². The summed E-state index contributed by atoms with van der Waals surface area (Å²) in [7, 11) is -2.09. The molecule has 2 atom stereocenters. The molecule has 5 nitrogen and oxygen atoms in total. The van der Waals surface area contributed by atoms with E-state index in [9.17, 15) is 18.1 Å². The Morgan fingerprint density at radius 2 is 1.12 bits per heavy atom. The third kappa shape index (κ3) is 18.3. The smallest absolute Gasteiger partial charge is 0.102 e. The van der Waals surface area contributed by atoms with Gasteiger partial charge in [0.1, 0.15) is 6.54 Å². The highest BCUT2D eigenvalue weighted by molar-refractivity contribution is 7.85. The van der Waals surface area contributed by atoms with E-state index >= 15 is 0 Å². The van der Waals surface area contributed by atoms with Crippen LogP contribution in [0.15, 0.2) is 0 Å². The van der Waals surface area contributed by atoms with E-state index < -0.39 is 10.1 Å². The van der Waals surface area contributed by atoms with Crippen molar-refractivity contribution in [2.24, 2.45) is 0 Å². The van der Waals surface area contributed by atoms with E-state index in [2.05, 4.69) is 20.9 Å². The number of aliphatic hydroxyl groups is 1. The minimum absolute atomic E-state index is 0.0932. The lowest BCUT2D eigenvalue weighted by Gasteiger charge is -2.42. The highest BCUT2D eigenvalue weighted by Crippen LogP contribution is 2.22. The molecule has 0 bridgehead atoms. The maximum atomic E-state index is 11.2. The highest BCUT2D eigenvalue weighted by Gasteiger charge is 2.31. The first-order valence-electron chi connectivity index (χ1n) is 13.7. The van der Waals surface area contributed by atoms with Gasteiger partial charge >= 0.3 is 0 Å². The first-order valence-corrected chi connectivity index (χ1v) is 15.3. The number of quaternary nitrogens is 1. The Balaban J connectivity index is 3.98. The molecule has 0 saturated carbocycles. The summed E-state index contributed by atoms with van der Waals surface area (Å²) in [5.41, 5.74) is 0. The Morgan fingerprint density at radius 1 is 0.688 bits per heavy atom. The Labute approximate surface area is 200 Å². The average molecular weight is 478 g/mol. The summed E-state index contributed by atoms with van der Waals surface area (Å²) in [5.74, 6) is -0.292. The highest BCUT2D eigenvalue weighted by atomic mass is 32.2. The molecule has 0 amide bonds. The van der Waals surface area contributed by atoms with Gasteiger partial charge in [-0.3, -0.25) is 0 Å². The summed E-state index contributed by atoms with van der Waals surface area (Å²) in [5, 5.41) is 9.51. The average Bonchev–Trinajstić information content (AvgIpc) is 2.72. The summed E-state index contributed by atoms with van der Waals surface area (Å²) >= 11 is 0. The van der Waals surface area contributed by atoms with Gasteiger partial charge in [0.05, 0.1) is 36.4 Å². The van der Waals surface area contributed by atoms with Crippen LogP contribution in [0, 0.1) is 0 Å². The summed E-state index contributed by atoms with van der Waals surface area (Å²) < 4.78 is 34.2. The van der Waals surface area contributed by atoms with Gasteiger partial charge in [0.2, 0.25) is 0 Å². The molecule has 0 saturated heterocycles. The predicted octanol–water partition coefficient (Wildman–Crippen LogP) is 6.40. The molecule has 1 N–H and O–H groups in total. The van der Waals surface area contributed by atoms with Crippen molar-refractivity contribution >= 4 is 10.1 Å². The van der Waals surface area contributed by atoms with Crippen molar-refractivity contribution in [2.45, 2.75) is 135 Å². The second-order valence-electron chi connectivity index (χ2n) is 10.1. The topological polar surface area (TPSA) is 77.4 Å². The molecule has 0 aliphatic carbocycles. The maximum Gasteiger partial charge on any atom is 0.102 e. The molecule has 32 heavy (non-hydrogen) atoms. The molecule has 0 aromatic heterocycles. The fourth-order valence-electron chi connectivity index (χ4n) is 5.02. The number of hydrogen-bond donors (Lipinski definition) is 1. The van der Waals surface area contributed by atoms with E-state index in [1.165, 1.54) is 89.9 Å². The van der Waals surface area contributed by atoms with Crippen molar-refractivity contribution in [3.8, 4) is 0 Å². The lowest BCUT2D eigenvalue weighted by atomic mass is 10.00. The molecule has 0 aliphatic rings. The molecule has 0 heterocycles. The van der Waals surface area contributed by atoms with Gasteiger partial charge in [0.25, 0.3) is 0 Å². The van der Waals surface area contributed by atoms with Crippen molar-refractivity contribution < 1.29 is 22.6 Å². The molecule has 0 aromatic rings.